The van der Waals surface area contributed by atoms with Crippen molar-refractivity contribution in [3.63, 3.8) is 0 Å². The molecule has 2 heterocycles. The molecule has 0 saturated heterocycles. The van der Waals surface area contributed by atoms with E-state index in [0.717, 1.165) is 16.8 Å². The van der Waals surface area contributed by atoms with Crippen LogP contribution in [-0.4, -0.2) is 21.0 Å². The van der Waals surface area contributed by atoms with E-state index in [1.165, 1.54) is 18.3 Å². The van der Waals surface area contributed by atoms with Gasteiger partial charge >= 0.3 is 6.18 Å². The lowest BCUT2D eigenvalue weighted by atomic mass is 10.1. The van der Waals surface area contributed by atoms with Crippen LogP contribution in [-0.2, 0) is 6.18 Å². The van der Waals surface area contributed by atoms with Crippen molar-refractivity contribution >= 4 is 17.3 Å². The Morgan fingerprint density at radius 3 is 2.50 bits per heavy atom. The van der Waals surface area contributed by atoms with Gasteiger partial charge in [-0.1, -0.05) is 17.3 Å². The van der Waals surface area contributed by atoms with Crippen molar-refractivity contribution in [1.29, 1.82) is 0 Å². The van der Waals surface area contributed by atoms with Crippen LogP contribution in [0.15, 0.2) is 38.7 Å². The average Bonchev–Trinajstić information content (AvgIpc) is 2.87. The SMILES string of the molecule is Cc1noc2nc(C)n(/N=C/c3ccc(C(F)(F)F)cc3)c(=O)c12. The molecule has 124 valence electrons. The molecule has 0 radical (unpaired) electrons. The molecule has 3 aromatic rings. The summed E-state index contributed by atoms with van der Waals surface area (Å²) in [5, 5.41) is 7.90. The summed E-state index contributed by atoms with van der Waals surface area (Å²) in [6.45, 7) is 3.16. The molecular formula is C15H11F3N4O2. The molecule has 0 amide bonds. The topological polar surface area (TPSA) is 73.3 Å². The highest BCUT2D eigenvalue weighted by molar-refractivity contribution is 5.80. The van der Waals surface area contributed by atoms with E-state index in [0.29, 0.717) is 11.3 Å². The first kappa shape index (κ1) is 15.9. The van der Waals surface area contributed by atoms with E-state index < -0.39 is 17.3 Å². The Morgan fingerprint density at radius 1 is 1.21 bits per heavy atom. The van der Waals surface area contributed by atoms with Crippen molar-refractivity contribution in [3.05, 3.63) is 57.3 Å². The van der Waals surface area contributed by atoms with E-state index in [1.54, 1.807) is 13.8 Å². The van der Waals surface area contributed by atoms with E-state index in [4.69, 9.17) is 4.52 Å². The zero-order chi connectivity index (χ0) is 17.5. The second kappa shape index (κ2) is 5.59. The van der Waals surface area contributed by atoms with E-state index in [2.05, 4.69) is 15.2 Å². The number of rotatable bonds is 2. The van der Waals surface area contributed by atoms with Gasteiger partial charge in [-0.25, -0.2) is 0 Å². The molecule has 0 N–H and O–H groups in total. The van der Waals surface area contributed by atoms with Crippen LogP contribution in [0.5, 0.6) is 0 Å². The highest BCUT2D eigenvalue weighted by atomic mass is 19.4. The Labute approximate surface area is 133 Å². The number of hydrogen-bond donors (Lipinski definition) is 0. The van der Waals surface area contributed by atoms with Crippen molar-refractivity contribution in [2.45, 2.75) is 20.0 Å². The molecule has 9 heteroatoms. The number of hydrogen-bond acceptors (Lipinski definition) is 5. The van der Waals surface area contributed by atoms with Crippen LogP contribution in [0, 0.1) is 13.8 Å². The van der Waals surface area contributed by atoms with Crippen LogP contribution in [0.2, 0.25) is 0 Å². The fraction of sp³-hybridized carbons (Fsp3) is 0.200. The van der Waals surface area contributed by atoms with Gasteiger partial charge in [-0.2, -0.15) is 27.9 Å². The molecular weight excluding hydrogens is 325 g/mol. The van der Waals surface area contributed by atoms with Crippen LogP contribution in [0.3, 0.4) is 0 Å². The van der Waals surface area contributed by atoms with Gasteiger partial charge in [-0.3, -0.25) is 4.79 Å². The van der Waals surface area contributed by atoms with Crippen LogP contribution in [0.4, 0.5) is 13.2 Å². The van der Waals surface area contributed by atoms with E-state index in [-0.39, 0.29) is 16.9 Å². The van der Waals surface area contributed by atoms with Crippen molar-refractivity contribution in [2.75, 3.05) is 0 Å². The minimum absolute atomic E-state index is 0.121. The first-order chi connectivity index (χ1) is 11.3. The number of benzene rings is 1. The number of fused-ring (bicyclic) bond motifs is 1. The van der Waals surface area contributed by atoms with E-state index in [9.17, 15) is 18.0 Å². The zero-order valence-corrected chi connectivity index (χ0v) is 12.6. The Kier molecular flexibility index (Phi) is 3.70. The number of halogens is 3. The van der Waals surface area contributed by atoms with E-state index >= 15 is 0 Å². The summed E-state index contributed by atoms with van der Waals surface area (Å²) < 4.78 is 43.6. The van der Waals surface area contributed by atoms with Gasteiger partial charge in [0.25, 0.3) is 11.3 Å². The van der Waals surface area contributed by atoms with E-state index in [1.807, 2.05) is 0 Å². The van der Waals surface area contributed by atoms with Gasteiger partial charge in [-0.15, -0.1) is 0 Å². The fourth-order valence-corrected chi connectivity index (χ4v) is 2.15. The Bertz CT molecular complexity index is 985. The van der Waals surface area contributed by atoms with Gasteiger partial charge in [0.05, 0.1) is 17.5 Å². The molecule has 0 atom stereocenters. The molecule has 0 aliphatic heterocycles. The maximum Gasteiger partial charge on any atom is 0.416 e. The summed E-state index contributed by atoms with van der Waals surface area (Å²) in [4.78, 5) is 16.5. The van der Waals surface area contributed by atoms with Crippen LogP contribution < -0.4 is 5.56 Å². The first-order valence-corrected chi connectivity index (χ1v) is 6.84. The summed E-state index contributed by atoms with van der Waals surface area (Å²) in [6.07, 6.45) is -3.12. The average molecular weight is 336 g/mol. The zero-order valence-electron chi connectivity index (χ0n) is 12.6. The largest absolute Gasteiger partial charge is 0.416 e. The lowest BCUT2D eigenvalue weighted by Gasteiger charge is -2.06. The first-order valence-electron chi connectivity index (χ1n) is 6.84. The minimum Gasteiger partial charge on any atom is -0.335 e. The molecule has 0 aliphatic carbocycles. The van der Waals surface area contributed by atoms with Crippen LogP contribution in [0.25, 0.3) is 11.1 Å². The number of nitrogens with zero attached hydrogens (tertiary/aromatic N) is 4. The molecule has 2 aromatic heterocycles. The normalized spacial score (nSPS) is 12.4. The monoisotopic (exact) mass is 336 g/mol. The van der Waals surface area contributed by atoms with Crippen LogP contribution >= 0.6 is 0 Å². The molecule has 1 aromatic carbocycles. The molecule has 0 saturated carbocycles. The molecule has 24 heavy (non-hydrogen) atoms. The molecule has 0 spiro atoms. The van der Waals surface area contributed by atoms with Gasteiger partial charge in [0.1, 0.15) is 11.2 Å². The predicted molar refractivity (Wildman–Crippen MR) is 80.0 cm³/mol. The number of aromatic nitrogens is 3. The minimum atomic E-state index is -4.40. The lowest BCUT2D eigenvalue weighted by molar-refractivity contribution is -0.137. The van der Waals surface area contributed by atoms with Gasteiger partial charge in [-0.05, 0) is 31.5 Å². The fourth-order valence-electron chi connectivity index (χ4n) is 2.15. The lowest BCUT2D eigenvalue weighted by Crippen LogP contribution is -2.20. The number of aryl methyl sites for hydroxylation is 2. The number of alkyl halides is 3. The Morgan fingerprint density at radius 2 is 1.88 bits per heavy atom. The van der Waals surface area contributed by atoms with Gasteiger partial charge in [0, 0.05) is 0 Å². The highest BCUT2D eigenvalue weighted by Crippen LogP contribution is 2.28. The standard InChI is InChI=1S/C15H11F3N4O2/c1-8-12-13(24-21-8)20-9(2)22(14(12)23)19-7-10-3-5-11(6-4-10)15(16,17)18/h3-7H,1-2H3/b19-7+. The summed E-state index contributed by atoms with van der Waals surface area (Å²) >= 11 is 0. The molecule has 3 rings (SSSR count). The second-order valence-corrected chi connectivity index (χ2v) is 5.09. The van der Waals surface area contributed by atoms with Gasteiger partial charge in [0.2, 0.25) is 0 Å². The Balaban J connectivity index is 1.99. The molecule has 0 fully saturated rings. The predicted octanol–water partition coefficient (Wildman–Crippen LogP) is 2.90. The molecule has 0 unspecified atom stereocenters. The third kappa shape index (κ3) is 2.80. The summed E-state index contributed by atoms with van der Waals surface area (Å²) in [6, 6.07) is 4.43. The van der Waals surface area contributed by atoms with Crippen molar-refractivity contribution < 1.29 is 17.7 Å². The third-order valence-electron chi connectivity index (χ3n) is 3.38. The van der Waals surface area contributed by atoms with Crippen LogP contribution in [0.1, 0.15) is 22.6 Å². The van der Waals surface area contributed by atoms with Crippen molar-refractivity contribution in [1.82, 2.24) is 14.8 Å². The smallest absolute Gasteiger partial charge is 0.335 e. The summed E-state index contributed by atoms with van der Waals surface area (Å²) in [5.74, 6) is 0.270. The maximum absolute atomic E-state index is 12.5. The van der Waals surface area contributed by atoms with Crippen molar-refractivity contribution in [3.8, 4) is 0 Å². The summed E-state index contributed by atoms with van der Waals surface area (Å²) in [5.41, 5.74) is -0.288. The van der Waals surface area contributed by atoms with Gasteiger partial charge < -0.3 is 4.52 Å². The molecule has 0 aliphatic rings. The van der Waals surface area contributed by atoms with Crippen molar-refractivity contribution in [2.24, 2.45) is 5.10 Å². The third-order valence-corrected chi connectivity index (χ3v) is 3.38. The Hall–Kier alpha value is -2.97. The highest BCUT2D eigenvalue weighted by Gasteiger charge is 2.29. The maximum atomic E-state index is 12.5. The summed E-state index contributed by atoms with van der Waals surface area (Å²) in [7, 11) is 0. The second-order valence-electron chi connectivity index (χ2n) is 5.09. The van der Waals surface area contributed by atoms with Gasteiger partial charge in [0.15, 0.2) is 0 Å². The molecule has 0 bridgehead atoms. The molecule has 6 nitrogen and oxygen atoms in total. The quantitative estimate of drug-likeness (QED) is 0.675.